The Bertz CT molecular complexity index is 943. The molecule has 1 aliphatic rings. The fourth-order valence-corrected chi connectivity index (χ4v) is 4.33. The molecule has 2 N–H and O–H groups in total. The smallest absolute Gasteiger partial charge is 0.309 e. The summed E-state index contributed by atoms with van der Waals surface area (Å²) in [6.45, 7) is 2.36. The van der Waals surface area contributed by atoms with Crippen molar-refractivity contribution in [2.45, 2.75) is 25.0 Å². The summed E-state index contributed by atoms with van der Waals surface area (Å²) in [4.78, 5) is 52.9. The van der Waals surface area contributed by atoms with Crippen LogP contribution in [0, 0.1) is 0 Å². The van der Waals surface area contributed by atoms with Crippen LogP contribution in [0.25, 0.3) is 0 Å². The number of nitrogens with zero attached hydrogens (tertiary/aromatic N) is 2. The summed E-state index contributed by atoms with van der Waals surface area (Å²) in [7, 11) is 0. The molecule has 3 rings (SSSR count). The Morgan fingerprint density at radius 3 is 2.66 bits per heavy atom. The van der Waals surface area contributed by atoms with E-state index < -0.39 is 28.3 Å². The largest absolute Gasteiger partial charge is 0.494 e. The molecule has 0 aliphatic carbocycles. The molecular formula is C18H17N3O6S2. The standard InChI is InChI=1S/C18H17N3O6S2/c1-2-27-12-5-3-11(4-6-12)21-16(25)13(29-18(21)26)8-14(22)20-17-19-10(9-28-17)7-15(23)24/h3-6,9,13H,2,7-8H2,1H3,(H,23,24)(H,19,20,22). The van der Waals surface area contributed by atoms with Crippen molar-refractivity contribution in [3.63, 3.8) is 0 Å². The van der Waals surface area contributed by atoms with Crippen LogP contribution in [0.1, 0.15) is 19.0 Å². The topological polar surface area (TPSA) is 126 Å². The maximum absolute atomic E-state index is 12.6. The van der Waals surface area contributed by atoms with Gasteiger partial charge in [0.05, 0.1) is 24.4 Å². The molecule has 2 heterocycles. The number of aromatic nitrogens is 1. The van der Waals surface area contributed by atoms with Crippen LogP contribution in [-0.2, 0) is 20.8 Å². The van der Waals surface area contributed by atoms with E-state index in [0.717, 1.165) is 28.0 Å². The quantitative estimate of drug-likeness (QED) is 0.648. The lowest BCUT2D eigenvalue weighted by Gasteiger charge is -2.14. The normalized spacial score (nSPS) is 16.2. The van der Waals surface area contributed by atoms with Crippen molar-refractivity contribution in [2.24, 2.45) is 0 Å². The van der Waals surface area contributed by atoms with Crippen LogP contribution in [0.3, 0.4) is 0 Å². The van der Waals surface area contributed by atoms with E-state index in [4.69, 9.17) is 9.84 Å². The molecule has 2 aromatic rings. The lowest BCUT2D eigenvalue weighted by molar-refractivity contribution is -0.136. The number of carboxylic acid groups (broad SMARTS) is 1. The summed E-state index contributed by atoms with van der Waals surface area (Å²) in [6, 6.07) is 6.56. The van der Waals surface area contributed by atoms with Gasteiger partial charge in [0.25, 0.3) is 5.24 Å². The SMILES string of the molecule is CCOc1ccc(N2C(=O)SC(CC(=O)Nc3nc(CC(=O)O)cs3)C2=O)cc1. The Hall–Kier alpha value is -2.92. The zero-order chi connectivity index (χ0) is 21.0. The van der Waals surface area contributed by atoms with Gasteiger partial charge in [-0.25, -0.2) is 9.88 Å². The number of amides is 3. The van der Waals surface area contributed by atoms with Crippen molar-refractivity contribution < 1.29 is 29.0 Å². The predicted molar refractivity (Wildman–Crippen MR) is 109 cm³/mol. The predicted octanol–water partition coefficient (Wildman–Crippen LogP) is 2.77. The van der Waals surface area contributed by atoms with Gasteiger partial charge in [-0.15, -0.1) is 11.3 Å². The lowest BCUT2D eigenvalue weighted by Crippen LogP contribution is -2.32. The maximum Gasteiger partial charge on any atom is 0.309 e. The highest BCUT2D eigenvalue weighted by Crippen LogP contribution is 2.34. The van der Waals surface area contributed by atoms with Crippen molar-refractivity contribution in [2.75, 3.05) is 16.8 Å². The van der Waals surface area contributed by atoms with Gasteiger partial charge < -0.3 is 15.2 Å². The number of hydrogen-bond donors (Lipinski definition) is 2. The molecule has 1 aromatic heterocycles. The Labute approximate surface area is 174 Å². The number of carboxylic acids is 1. The van der Waals surface area contributed by atoms with E-state index in [-0.39, 0.29) is 18.0 Å². The summed E-state index contributed by atoms with van der Waals surface area (Å²) in [6.07, 6.45) is -0.439. The van der Waals surface area contributed by atoms with Crippen LogP contribution < -0.4 is 15.0 Å². The van der Waals surface area contributed by atoms with Crippen LogP contribution in [0.2, 0.25) is 0 Å². The molecule has 9 nitrogen and oxygen atoms in total. The highest BCUT2D eigenvalue weighted by atomic mass is 32.2. The van der Waals surface area contributed by atoms with Gasteiger partial charge in [0, 0.05) is 11.8 Å². The van der Waals surface area contributed by atoms with E-state index in [1.165, 1.54) is 5.38 Å². The lowest BCUT2D eigenvalue weighted by atomic mass is 10.2. The average molecular weight is 435 g/mol. The van der Waals surface area contributed by atoms with E-state index in [1.54, 1.807) is 24.3 Å². The van der Waals surface area contributed by atoms with Gasteiger partial charge in [0.2, 0.25) is 11.8 Å². The van der Waals surface area contributed by atoms with Crippen LogP contribution in [0.4, 0.5) is 15.6 Å². The Morgan fingerprint density at radius 1 is 1.28 bits per heavy atom. The summed E-state index contributed by atoms with van der Waals surface area (Å²) in [5, 5.41) is 11.8. The van der Waals surface area contributed by atoms with E-state index in [2.05, 4.69) is 10.3 Å². The number of rotatable bonds is 8. The van der Waals surface area contributed by atoms with Gasteiger partial charge in [0.1, 0.15) is 11.0 Å². The molecule has 3 amide bonds. The van der Waals surface area contributed by atoms with Gasteiger partial charge in [-0.05, 0) is 43.0 Å². The number of benzene rings is 1. The van der Waals surface area contributed by atoms with Gasteiger partial charge in [-0.1, -0.05) is 0 Å². The number of anilines is 2. The zero-order valence-electron chi connectivity index (χ0n) is 15.3. The fourth-order valence-electron chi connectivity index (χ4n) is 2.62. The average Bonchev–Trinajstić information content (AvgIpc) is 3.19. The van der Waals surface area contributed by atoms with E-state index in [1.807, 2.05) is 6.92 Å². The highest BCUT2D eigenvalue weighted by Gasteiger charge is 2.41. The summed E-state index contributed by atoms with van der Waals surface area (Å²) >= 11 is 1.89. The number of aliphatic carboxylic acids is 1. The van der Waals surface area contributed by atoms with Crippen LogP contribution in [0.5, 0.6) is 5.75 Å². The molecular weight excluding hydrogens is 418 g/mol. The molecule has 11 heteroatoms. The number of nitrogens with one attached hydrogen (secondary N) is 1. The second kappa shape index (κ2) is 9.05. The number of imide groups is 1. The number of hydrogen-bond acceptors (Lipinski definition) is 8. The number of thioether (sulfide) groups is 1. The molecule has 0 radical (unpaired) electrons. The van der Waals surface area contributed by atoms with E-state index in [0.29, 0.717) is 23.7 Å². The first-order valence-corrected chi connectivity index (χ1v) is 10.4. The van der Waals surface area contributed by atoms with Crippen LogP contribution in [0.15, 0.2) is 29.6 Å². The summed E-state index contributed by atoms with van der Waals surface area (Å²) < 4.78 is 5.35. The minimum absolute atomic E-state index is 0.198. The molecule has 1 fully saturated rings. The first-order chi connectivity index (χ1) is 13.9. The second-order valence-corrected chi connectivity index (χ2v) is 7.95. The third-order valence-electron chi connectivity index (χ3n) is 3.83. The molecule has 29 heavy (non-hydrogen) atoms. The first-order valence-electron chi connectivity index (χ1n) is 8.61. The van der Waals surface area contributed by atoms with Gasteiger partial charge in [0.15, 0.2) is 5.13 Å². The van der Waals surface area contributed by atoms with Crippen LogP contribution >= 0.6 is 23.1 Å². The number of ether oxygens (including phenoxy) is 1. The molecule has 1 aromatic carbocycles. The van der Waals surface area contributed by atoms with Crippen molar-refractivity contribution in [1.82, 2.24) is 4.98 Å². The minimum Gasteiger partial charge on any atom is -0.494 e. The molecule has 1 aliphatic heterocycles. The zero-order valence-corrected chi connectivity index (χ0v) is 16.9. The van der Waals surface area contributed by atoms with E-state index >= 15 is 0 Å². The third-order valence-corrected chi connectivity index (χ3v) is 5.67. The molecule has 0 spiro atoms. The minimum atomic E-state index is -1.02. The van der Waals surface area contributed by atoms with Crippen molar-refractivity contribution in [1.29, 1.82) is 0 Å². The Morgan fingerprint density at radius 2 is 2.00 bits per heavy atom. The molecule has 152 valence electrons. The fraction of sp³-hybridized carbons (Fsp3) is 0.278. The molecule has 1 saturated heterocycles. The summed E-state index contributed by atoms with van der Waals surface area (Å²) in [5.41, 5.74) is 0.748. The molecule has 1 unspecified atom stereocenters. The maximum atomic E-state index is 12.6. The number of carbonyl (C=O) groups is 4. The monoisotopic (exact) mass is 435 g/mol. The van der Waals surface area contributed by atoms with Crippen molar-refractivity contribution in [3.8, 4) is 5.75 Å². The van der Waals surface area contributed by atoms with Crippen LogP contribution in [-0.4, -0.2) is 45.0 Å². The van der Waals surface area contributed by atoms with Gasteiger partial charge in [-0.3, -0.25) is 19.2 Å². The van der Waals surface area contributed by atoms with Crippen molar-refractivity contribution >= 4 is 56.9 Å². The molecule has 0 bridgehead atoms. The number of carbonyl (C=O) groups excluding carboxylic acids is 3. The number of thiazole rings is 1. The molecule has 0 saturated carbocycles. The second-order valence-electron chi connectivity index (χ2n) is 5.94. The van der Waals surface area contributed by atoms with Gasteiger partial charge in [-0.2, -0.15) is 0 Å². The Balaban J connectivity index is 1.61. The Kier molecular flexibility index (Phi) is 6.49. The molecule has 1 atom stereocenters. The summed E-state index contributed by atoms with van der Waals surface area (Å²) in [5.74, 6) is -1.34. The van der Waals surface area contributed by atoms with E-state index in [9.17, 15) is 19.2 Å². The third kappa shape index (κ3) is 5.12. The first kappa shape index (κ1) is 20.8. The van der Waals surface area contributed by atoms with Crippen molar-refractivity contribution in [3.05, 3.63) is 35.3 Å². The highest BCUT2D eigenvalue weighted by molar-refractivity contribution is 8.15. The van der Waals surface area contributed by atoms with Gasteiger partial charge >= 0.3 is 5.97 Å².